The fourth-order valence-corrected chi connectivity index (χ4v) is 3.40. The lowest BCUT2D eigenvalue weighted by molar-refractivity contribution is 0.421. The van der Waals surface area contributed by atoms with Crippen molar-refractivity contribution >= 4 is 11.5 Å². The molecule has 1 fully saturated rings. The van der Waals surface area contributed by atoms with Crippen molar-refractivity contribution in [3.8, 4) is 11.5 Å². The van der Waals surface area contributed by atoms with Gasteiger partial charge in [-0.2, -0.15) is 14.6 Å². The molecule has 1 unspecified atom stereocenters. The van der Waals surface area contributed by atoms with E-state index in [1.54, 1.807) is 6.20 Å². The first-order valence-electron chi connectivity index (χ1n) is 9.66. The SMILES string of the molecule is Cc1cc(NC(C)c2ccc(-c3nc(CC4CC4)no3)cc2)n2nccc2n1. The van der Waals surface area contributed by atoms with Crippen molar-refractivity contribution in [3.63, 3.8) is 0 Å². The topological polar surface area (TPSA) is 81.1 Å². The van der Waals surface area contributed by atoms with Crippen LogP contribution < -0.4 is 5.32 Å². The largest absolute Gasteiger partial charge is 0.363 e. The number of anilines is 1. The highest BCUT2D eigenvalue weighted by molar-refractivity contribution is 5.54. The van der Waals surface area contributed by atoms with Gasteiger partial charge in [0.05, 0.1) is 6.20 Å². The van der Waals surface area contributed by atoms with Crippen LogP contribution in [0.2, 0.25) is 0 Å². The molecule has 1 aromatic carbocycles. The highest BCUT2D eigenvalue weighted by atomic mass is 16.5. The summed E-state index contributed by atoms with van der Waals surface area (Å²) in [6, 6.07) is 12.3. The van der Waals surface area contributed by atoms with Crippen molar-refractivity contribution < 1.29 is 4.52 Å². The van der Waals surface area contributed by atoms with Gasteiger partial charge >= 0.3 is 0 Å². The van der Waals surface area contributed by atoms with E-state index in [1.165, 1.54) is 12.8 Å². The van der Waals surface area contributed by atoms with Gasteiger partial charge in [-0.05, 0) is 50.3 Å². The van der Waals surface area contributed by atoms with Crippen molar-refractivity contribution in [1.29, 1.82) is 0 Å². The van der Waals surface area contributed by atoms with Gasteiger partial charge in [-0.3, -0.25) is 0 Å². The van der Waals surface area contributed by atoms with Crippen LogP contribution in [0.4, 0.5) is 5.82 Å². The number of nitrogens with zero attached hydrogens (tertiary/aromatic N) is 5. The van der Waals surface area contributed by atoms with Crippen LogP contribution in [0.25, 0.3) is 17.1 Å². The van der Waals surface area contributed by atoms with E-state index >= 15 is 0 Å². The van der Waals surface area contributed by atoms with Crippen LogP contribution in [0.3, 0.4) is 0 Å². The Bertz CT molecular complexity index is 1110. The first-order valence-corrected chi connectivity index (χ1v) is 9.66. The van der Waals surface area contributed by atoms with Crippen molar-refractivity contribution in [2.45, 2.75) is 39.2 Å². The van der Waals surface area contributed by atoms with Crippen LogP contribution >= 0.6 is 0 Å². The third-order valence-corrected chi connectivity index (χ3v) is 5.15. The third-order valence-electron chi connectivity index (χ3n) is 5.15. The average Bonchev–Trinajstić information content (AvgIpc) is 3.17. The van der Waals surface area contributed by atoms with E-state index in [0.717, 1.165) is 46.4 Å². The standard InChI is InChI=1S/C21H22N6O/c1-13-11-20(27-19(23-13)9-10-22-27)24-14(2)16-5-7-17(8-6-16)21-25-18(26-28-21)12-15-3-4-15/h5-11,14-15,24H,3-4,12H2,1-2H3. The molecule has 0 spiro atoms. The molecule has 1 atom stereocenters. The molecule has 7 nitrogen and oxygen atoms in total. The zero-order valence-corrected chi connectivity index (χ0v) is 16.0. The fourth-order valence-electron chi connectivity index (χ4n) is 3.40. The first kappa shape index (κ1) is 16.9. The summed E-state index contributed by atoms with van der Waals surface area (Å²) in [5, 5.41) is 12.0. The molecule has 1 aliphatic carbocycles. The number of benzene rings is 1. The van der Waals surface area contributed by atoms with Gasteiger partial charge in [0, 0.05) is 35.9 Å². The van der Waals surface area contributed by atoms with E-state index in [0.29, 0.717) is 5.89 Å². The molecule has 1 N–H and O–H groups in total. The van der Waals surface area contributed by atoms with Crippen molar-refractivity contribution in [2.75, 3.05) is 5.32 Å². The minimum absolute atomic E-state index is 0.108. The molecule has 28 heavy (non-hydrogen) atoms. The second-order valence-electron chi connectivity index (χ2n) is 7.54. The maximum atomic E-state index is 5.43. The molecule has 5 rings (SSSR count). The minimum atomic E-state index is 0.108. The van der Waals surface area contributed by atoms with E-state index in [9.17, 15) is 0 Å². The summed E-state index contributed by atoms with van der Waals surface area (Å²) < 4.78 is 7.25. The highest BCUT2D eigenvalue weighted by Crippen LogP contribution is 2.32. The van der Waals surface area contributed by atoms with Gasteiger partial charge in [0.25, 0.3) is 5.89 Å². The fraction of sp³-hybridized carbons (Fsp3) is 0.333. The number of nitrogens with one attached hydrogen (secondary N) is 1. The van der Waals surface area contributed by atoms with Gasteiger partial charge in [0.2, 0.25) is 0 Å². The molecular formula is C21H22N6O. The van der Waals surface area contributed by atoms with Crippen LogP contribution in [0, 0.1) is 12.8 Å². The predicted octanol–water partition coefficient (Wildman–Crippen LogP) is 4.21. The molecular weight excluding hydrogens is 352 g/mol. The summed E-state index contributed by atoms with van der Waals surface area (Å²) in [5.41, 5.74) is 3.90. The van der Waals surface area contributed by atoms with E-state index in [-0.39, 0.29) is 6.04 Å². The number of fused-ring (bicyclic) bond motifs is 1. The highest BCUT2D eigenvalue weighted by Gasteiger charge is 2.24. The summed E-state index contributed by atoms with van der Waals surface area (Å²) in [6.45, 7) is 4.11. The number of rotatable bonds is 6. The van der Waals surface area contributed by atoms with Gasteiger partial charge in [-0.25, -0.2) is 4.98 Å². The van der Waals surface area contributed by atoms with E-state index < -0.39 is 0 Å². The molecule has 142 valence electrons. The van der Waals surface area contributed by atoms with Crippen LogP contribution in [0.15, 0.2) is 47.1 Å². The lowest BCUT2D eigenvalue weighted by atomic mass is 10.1. The van der Waals surface area contributed by atoms with Gasteiger partial charge < -0.3 is 9.84 Å². The lowest BCUT2D eigenvalue weighted by Crippen LogP contribution is -2.11. The Morgan fingerprint density at radius 2 is 2.00 bits per heavy atom. The Kier molecular flexibility index (Phi) is 4.07. The Morgan fingerprint density at radius 3 is 2.79 bits per heavy atom. The normalized spacial score (nSPS) is 15.1. The summed E-state index contributed by atoms with van der Waals surface area (Å²) in [6.07, 6.45) is 5.25. The predicted molar refractivity (Wildman–Crippen MR) is 106 cm³/mol. The monoisotopic (exact) mass is 374 g/mol. The van der Waals surface area contributed by atoms with Crippen molar-refractivity contribution in [3.05, 3.63) is 59.7 Å². The van der Waals surface area contributed by atoms with Crippen LogP contribution in [-0.2, 0) is 6.42 Å². The summed E-state index contributed by atoms with van der Waals surface area (Å²) in [5.74, 6) is 3.07. The molecule has 3 heterocycles. The van der Waals surface area contributed by atoms with E-state index in [2.05, 4.69) is 44.6 Å². The molecule has 7 heteroatoms. The maximum absolute atomic E-state index is 5.43. The molecule has 0 radical (unpaired) electrons. The molecule has 0 amide bonds. The van der Waals surface area contributed by atoms with Gasteiger partial charge in [0.1, 0.15) is 5.82 Å². The van der Waals surface area contributed by atoms with E-state index in [1.807, 2.05) is 35.7 Å². The first-order chi connectivity index (χ1) is 13.7. The summed E-state index contributed by atoms with van der Waals surface area (Å²) >= 11 is 0. The average molecular weight is 374 g/mol. The molecule has 4 aromatic rings. The lowest BCUT2D eigenvalue weighted by Gasteiger charge is -2.17. The number of aromatic nitrogens is 5. The molecule has 3 aromatic heterocycles. The van der Waals surface area contributed by atoms with E-state index in [4.69, 9.17) is 4.52 Å². The Balaban J connectivity index is 1.33. The van der Waals surface area contributed by atoms with Gasteiger partial charge in [-0.15, -0.1) is 0 Å². The number of aryl methyl sites for hydroxylation is 1. The third kappa shape index (κ3) is 3.35. The summed E-state index contributed by atoms with van der Waals surface area (Å²) in [4.78, 5) is 9.01. The second-order valence-corrected chi connectivity index (χ2v) is 7.54. The Hall–Kier alpha value is -3.22. The Morgan fingerprint density at radius 1 is 1.18 bits per heavy atom. The Labute approximate surface area is 162 Å². The summed E-state index contributed by atoms with van der Waals surface area (Å²) in [7, 11) is 0. The quantitative estimate of drug-likeness (QED) is 0.544. The molecule has 0 saturated heterocycles. The van der Waals surface area contributed by atoms with Crippen LogP contribution in [0.5, 0.6) is 0 Å². The van der Waals surface area contributed by atoms with Gasteiger partial charge in [-0.1, -0.05) is 17.3 Å². The van der Waals surface area contributed by atoms with Gasteiger partial charge in [0.15, 0.2) is 11.5 Å². The smallest absolute Gasteiger partial charge is 0.257 e. The second kappa shape index (κ2) is 6.74. The molecule has 1 saturated carbocycles. The zero-order valence-electron chi connectivity index (χ0n) is 16.0. The zero-order chi connectivity index (χ0) is 19.1. The van der Waals surface area contributed by atoms with Crippen LogP contribution in [-0.4, -0.2) is 24.7 Å². The maximum Gasteiger partial charge on any atom is 0.257 e. The minimum Gasteiger partial charge on any atom is -0.363 e. The number of hydrogen-bond acceptors (Lipinski definition) is 6. The molecule has 1 aliphatic rings. The van der Waals surface area contributed by atoms with Crippen LogP contribution in [0.1, 0.15) is 42.9 Å². The number of hydrogen-bond donors (Lipinski definition) is 1. The van der Waals surface area contributed by atoms with Crippen molar-refractivity contribution in [1.82, 2.24) is 24.7 Å². The van der Waals surface area contributed by atoms with Crippen molar-refractivity contribution in [2.24, 2.45) is 5.92 Å². The molecule has 0 bridgehead atoms. The molecule has 0 aliphatic heterocycles.